The van der Waals surface area contributed by atoms with Gasteiger partial charge in [0, 0.05) is 11.1 Å². The van der Waals surface area contributed by atoms with Gasteiger partial charge in [0.05, 0.1) is 0 Å². The van der Waals surface area contributed by atoms with E-state index in [4.69, 9.17) is 9.52 Å². The number of nitrogens with zero attached hydrogens (tertiary/aromatic N) is 5. The van der Waals surface area contributed by atoms with Crippen molar-refractivity contribution in [1.29, 1.82) is 5.26 Å². The molecule has 0 fully saturated rings. The number of hydrogen-bond acceptors (Lipinski definition) is 6. The number of nitriles is 1. The van der Waals surface area contributed by atoms with Crippen LogP contribution in [0.2, 0.25) is 0 Å². The van der Waals surface area contributed by atoms with E-state index in [9.17, 15) is 10.1 Å². The highest BCUT2D eigenvalue weighted by molar-refractivity contribution is 5.77. The number of oxazole rings is 1. The number of fused-ring (bicyclic) bond motifs is 1. The minimum Gasteiger partial charge on any atom is -0.480 e. The number of carboxylic acids is 1. The summed E-state index contributed by atoms with van der Waals surface area (Å²) in [5.74, 6) is -0.500. The first kappa shape index (κ1) is 20.8. The summed E-state index contributed by atoms with van der Waals surface area (Å²) in [5, 5.41) is 26.1. The molecule has 0 unspecified atom stereocenters. The second kappa shape index (κ2) is 8.84. The van der Waals surface area contributed by atoms with Crippen molar-refractivity contribution in [3.05, 3.63) is 89.6 Å². The molecule has 8 nitrogen and oxygen atoms in total. The molecule has 0 aliphatic rings. The molecule has 5 aromatic rings. The van der Waals surface area contributed by atoms with E-state index in [1.165, 1.54) is 0 Å². The minimum atomic E-state index is -1.09. The lowest BCUT2D eigenvalue weighted by molar-refractivity contribution is -0.137. The van der Waals surface area contributed by atoms with Gasteiger partial charge in [-0.05, 0) is 35.4 Å². The minimum absolute atomic E-state index is 0.115. The Bertz CT molecular complexity index is 1520. The SMILES string of the molecule is N#Cc1c(-c2ccc(/C=C/c3ccc(-c4nc5ccccc5o4)cc3)cc2)nnn1CC(=O)O. The molecule has 0 bridgehead atoms. The molecule has 3 aromatic carbocycles. The molecule has 0 aliphatic carbocycles. The molecule has 0 spiro atoms. The van der Waals surface area contributed by atoms with Gasteiger partial charge in [-0.1, -0.05) is 65.9 Å². The van der Waals surface area contributed by atoms with Crippen molar-refractivity contribution in [3.8, 4) is 28.8 Å². The van der Waals surface area contributed by atoms with Crippen LogP contribution >= 0.6 is 0 Å². The van der Waals surface area contributed by atoms with Crippen LogP contribution in [0.1, 0.15) is 16.8 Å². The normalized spacial score (nSPS) is 11.1. The van der Waals surface area contributed by atoms with E-state index in [1.807, 2.05) is 91.0 Å². The highest BCUT2D eigenvalue weighted by Gasteiger charge is 2.16. The second-order valence-corrected chi connectivity index (χ2v) is 7.51. The van der Waals surface area contributed by atoms with Crippen molar-refractivity contribution in [1.82, 2.24) is 20.0 Å². The van der Waals surface area contributed by atoms with Crippen LogP contribution in [0, 0.1) is 11.3 Å². The number of carboxylic acid groups (broad SMARTS) is 1. The second-order valence-electron chi connectivity index (χ2n) is 7.51. The predicted molar refractivity (Wildman–Crippen MR) is 126 cm³/mol. The highest BCUT2D eigenvalue weighted by Crippen LogP contribution is 2.25. The first-order valence-electron chi connectivity index (χ1n) is 10.4. The van der Waals surface area contributed by atoms with Crippen molar-refractivity contribution in [2.75, 3.05) is 0 Å². The van der Waals surface area contributed by atoms with Gasteiger partial charge in [0.1, 0.15) is 23.8 Å². The van der Waals surface area contributed by atoms with Gasteiger partial charge in [-0.2, -0.15) is 5.26 Å². The molecule has 0 saturated carbocycles. The van der Waals surface area contributed by atoms with Crippen molar-refractivity contribution in [3.63, 3.8) is 0 Å². The number of rotatable bonds is 6. The fraction of sp³-hybridized carbons (Fsp3) is 0.0385. The van der Waals surface area contributed by atoms with E-state index < -0.39 is 12.5 Å². The standard InChI is InChI=1S/C26H17N5O3/c27-15-22-25(29-30-31(22)16-24(32)33)19-11-7-17(8-12-19)5-6-18-9-13-20(14-10-18)26-28-21-3-1-2-4-23(21)34-26/h1-14H,16H2,(H,32,33)/b6-5+. The van der Waals surface area contributed by atoms with Crippen molar-refractivity contribution < 1.29 is 14.3 Å². The molecule has 0 saturated heterocycles. The summed E-state index contributed by atoms with van der Waals surface area (Å²) in [4.78, 5) is 15.5. The van der Waals surface area contributed by atoms with Crippen LogP contribution in [0.4, 0.5) is 0 Å². The topological polar surface area (TPSA) is 118 Å². The Labute approximate surface area is 194 Å². The average Bonchev–Trinajstić information content (AvgIpc) is 3.47. The number of para-hydroxylation sites is 2. The molecule has 5 rings (SSSR count). The molecule has 0 aliphatic heterocycles. The van der Waals surface area contributed by atoms with Crippen LogP contribution in [-0.4, -0.2) is 31.1 Å². The van der Waals surface area contributed by atoms with E-state index >= 15 is 0 Å². The number of hydrogen-bond donors (Lipinski definition) is 1. The van der Waals surface area contributed by atoms with Gasteiger partial charge >= 0.3 is 5.97 Å². The van der Waals surface area contributed by atoms with E-state index in [0.717, 1.165) is 32.5 Å². The summed E-state index contributed by atoms with van der Waals surface area (Å²) >= 11 is 0. The Morgan fingerprint density at radius 1 is 0.971 bits per heavy atom. The molecule has 2 heterocycles. The van der Waals surface area contributed by atoms with Gasteiger partial charge in [-0.15, -0.1) is 5.10 Å². The van der Waals surface area contributed by atoms with Gasteiger partial charge in [-0.25, -0.2) is 9.67 Å². The van der Waals surface area contributed by atoms with Gasteiger partial charge in [0.2, 0.25) is 5.89 Å². The summed E-state index contributed by atoms with van der Waals surface area (Å²) in [7, 11) is 0. The average molecular weight is 447 g/mol. The van der Waals surface area contributed by atoms with Crippen LogP contribution in [0.15, 0.2) is 77.2 Å². The molecular formula is C26H17N5O3. The van der Waals surface area contributed by atoms with Crippen molar-refractivity contribution >= 4 is 29.2 Å². The predicted octanol–water partition coefficient (Wildman–Crippen LogP) is 4.88. The lowest BCUT2D eigenvalue weighted by Crippen LogP contribution is -2.12. The molecule has 0 radical (unpaired) electrons. The Kier molecular flexibility index (Phi) is 5.42. The van der Waals surface area contributed by atoms with Gasteiger partial charge < -0.3 is 9.52 Å². The summed E-state index contributed by atoms with van der Waals surface area (Å²) in [5.41, 5.74) is 5.64. The van der Waals surface area contributed by atoms with E-state index in [-0.39, 0.29) is 5.69 Å². The monoisotopic (exact) mass is 447 g/mol. The van der Waals surface area contributed by atoms with E-state index in [1.54, 1.807) is 0 Å². The number of benzene rings is 3. The first-order chi connectivity index (χ1) is 16.6. The van der Waals surface area contributed by atoms with Gasteiger partial charge in [0.15, 0.2) is 11.3 Å². The van der Waals surface area contributed by atoms with Crippen molar-refractivity contribution in [2.45, 2.75) is 6.54 Å². The molecule has 1 N–H and O–H groups in total. The first-order valence-corrected chi connectivity index (χ1v) is 10.4. The quantitative estimate of drug-likeness (QED) is 0.369. The Hall–Kier alpha value is -5.03. The van der Waals surface area contributed by atoms with E-state index in [0.29, 0.717) is 17.1 Å². The molecule has 8 heteroatoms. The van der Waals surface area contributed by atoms with Crippen LogP contribution in [0.25, 0.3) is 46.0 Å². The highest BCUT2D eigenvalue weighted by atomic mass is 16.4. The smallest absolute Gasteiger partial charge is 0.325 e. The molecule has 0 atom stereocenters. The maximum atomic E-state index is 10.9. The lowest BCUT2D eigenvalue weighted by atomic mass is 10.1. The third kappa shape index (κ3) is 4.18. The fourth-order valence-electron chi connectivity index (χ4n) is 3.53. The zero-order chi connectivity index (χ0) is 23.5. The number of carbonyl (C=O) groups is 1. The van der Waals surface area contributed by atoms with Crippen LogP contribution in [-0.2, 0) is 11.3 Å². The molecule has 34 heavy (non-hydrogen) atoms. The number of aliphatic carboxylic acids is 1. The zero-order valence-electron chi connectivity index (χ0n) is 17.8. The fourth-order valence-corrected chi connectivity index (χ4v) is 3.53. The third-order valence-corrected chi connectivity index (χ3v) is 5.23. The molecule has 2 aromatic heterocycles. The van der Waals surface area contributed by atoms with Crippen LogP contribution in [0.5, 0.6) is 0 Å². The summed E-state index contributed by atoms with van der Waals surface area (Å²) < 4.78 is 6.90. The molecular weight excluding hydrogens is 430 g/mol. The maximum Gasteiger partial charge on any atom is 0.325 e. The van der Waals surface area contributed by atoms with Crippen molar-refractivity contribution in [2.24, 2.45) is 0 Å². The number of aromatic nitrogens is 4. The lowest BCUT2D eigenvalue weighted by Gasteiger charge is -2.01. The largest absolute Gasteiger partial charge is 0.480 e. The van der Waals surface area contributed by atoms with Crippen LogP contribution < -0.4 is 0 Å². The summed E-state index contributed by atoms with van der Waals surface area (Å²) in [6.07, 6.45) is 3.97. The molecule has 0 amide bonds. The Morgan fingerprint density at radius 2 is 1.62 bits per heavy atom. The van der Waals surface area contributed by atoms with Crippen LogP contribution in [0.3, 0.4) is 0 Å². The molecule has 164 valence electrons. The maximum absolute atomic E-state index is 10.9. The van der Waals surface area contributed by atoms with Gasteiger partial charge in [0.25, 0.3) is 0 Å². The Balaban J connectivity index is 1.31. The zero-order valence-corrected chi connectivity index (χ0v) is 17.8. The summed E-state index contributed by atoms with van der Waals surface area (Å²) in [6.45, 7) is -0.415. The van der Waals surface area contributed by atoms with E-state index in [2.05, 4.69) is 15.3 Å². The third-order valence-electron chi connectivity index (χ3n) is 5.23. The summed E-state index contributed by atoms with van der Waals surface area (Å²) in [6, 6.07) is 25.0. The van der Waals surface area contributed by atoms with Gasteiger partial charge in [-0.3, -0.25) is 4.79 Å². The Morgan fingerprint density at radius 3 is 2.24 bits per heavy atom.